The van der Waals surface area contributed by atoms with E-state index in [-0.39, 0.29) is 30.3 Å². The van der Waals surface area contributed by atoms with Crippen LogP contribution in [-0.4, -0.2) is 49.8 Å². The quantitative estimate of drug-likeness (QED) is 0.0273. The number of amides is 3. The highest BCUT2D eigenvalue weighted by molar-refractivity contribution is 7.99. The minimum Gasteiger partial charge on any atom is -0.457 e. The average Bonchev–Trinajstić information content (AvgIpc) is 3.03. The fraction of sp³-hybridized carbons (Fsp3) is 0.400. The van der Waals surface area contributed by atoms with Crippen molar-refractivity contribution >= 4 is 52.4 Å². The lowest BCUT2D eigenvalue weighted by atomic mass is 9.99. The molecule has 0 fully saturated rings. The smallest absolute Gasteiger partial charge is 0.323 e. The summed E-state index contributed by atoms with van der Waals surface area (Å²) in [7, 11) is 0. The molecule has 0 atom stereocenters. The lowest BCUT2D eigenvalue weighted by Gasteiger charge is -2.21. The minimum absolute atomic E-state index is 0.0543. The number of halogens is 3. The number of urea groups is 1. The third-order valence-corrected chi connectivity index (χ3v) is 8.43. The van der Waals surface area contributed by atoms with Crippen LogP contribution >= 0.6 is 11.8 Å². The summed E-state index contributed by atoms with van der Waals surface area (Å²) < 4.78 is 50.3. The molecule has 0 aliphatic carbocycles. The van der Waals surface area contributed by atoms with Gasteiger partial charge in [-0.3, -0.25) is 10.2 Å². The molecule has 0 aromatic heterocycles. The number of thioether (sulfide) groups is 1. The molecular formula is C35H48F3N9O3S. The molecule has 0 saturated carbocycles. The van der Waals surface area contributed by atoms with E-state index < -0.39 is 29.1 Å². The highest BCUT2D eigenvalue weighted by atomic mass is 32.2. The number of benzene rings is 3. The van der Waals surface area contributed by atoms with Gasteiger partial charge in [-0.1, -0.05) is 6.07 Å². The Balaban J connectivity index is 1.82. The van der Waals surface area contributed by atoms with Gasteiger partial charge in [-0.05, 0) is 81.6 Å². The first-order valence-electron chi connectivity index (χ1n) is 16.5. The predicted molar refractivity (Wildman–Crippen MR) is 200 cm³/mol. The van der Waals surface area contributed by atoms with Crippen molar-refractivity contribution in [3.63, 3.8) is 0 Å². The molecule has 0 aliphatic heterocycles. The summed E-state index contributed by atoms with van der Waals surface area (Å²) in [6.07, 6.45) is 1.84. The Hall–Kier alpha value is -4.67. The van der Waals surface area contributed by atoms with Gasteiger partial charge in [-0.15, -0.1) is 11.8 Å². The van der Waals surface area contributed by atoms with Crippen molar-refractivity contribution in [2.24, 2.45) is 17.2 Å². The fourth-order valence-corrected chi connectivity index (χ4v) is 5.58. The molecule has 16 heteroatoms. The Labute approximate surface area is 300 Å². The maximum Gasteiger partial charge on any atom is 0.323 e. The Kier molecular flexibility index (Phi) is 15.2. The van der Waals surface area contributed by atoms with E-state index in [4.69, 9.17) is 27.3 Å². The lowest BCUT2D eigenvalue weighted by Crippen LogP contribution is -2.31. The summed E-state index contributed by atoms with van der Waals surface area (Å²) in [5.74, 6) is -2.77. The number of unbranched alkanes of at least 4 members (excludes halogenated alkanes) is 1. The van der Waals surface area contributed by atoms with Crippen LogP contribution in [0.4, 0.5) is 40.7 Å². The van der Waals surface area contributed by atoms with E-state index in [2.05, 4.69) is 26.6 Å². The second-order valence-electron chi connectivity index (χ2n) is 12.3. The van der Waals surface area contributed by atoms with E-state index in [9.17, 15) is 22.8 Å². The molecule has 12 nitrogen and oxygen atoms in total. The van der Waals surface area contributed by atoms with Crippen LogP contribution in [0.3, 0.4) is 0 Å². The number of anilines is 4. The van der Waals surface area contributed by atoms with Crippen LogP contribution in [0.5, 0.6) is 11.5 Å². The van der Waals surface area contributed by atoms with Crippen LogP contribution in [-0.2, 0) is 16.4 Å². The Morgan fingerprint density at radius 2 is 1.53 bits per heavy atom. The molecule has 0 saturated heterocycles. The largest absolute Gasteiger partial charge is 0.457 e. The molecule has 0 spiro atoms. The molecule has 51 heavy (non-hydrogen) atoms. The molecule has 0 unspecified atom stereocenters. The van der Waals surface area contributed by atoms with Gasteiger partial charge in [0, 0.05) is 67.8 Å². The molecule has 0 radical (unpaired) electrons. The summed E-state index contributed by atoms with van der Waals surface area (Å²) >= 11 is 1.20. The third kappa shape index (κ3) is 13.9. The molecule has 12 N–H and O–H groups in total. The zero-order valence-corrected chi connectivity index (χ0v) is 29.9. The summed E-state index contributed by atoms with van der Waals surface area (Å²) in [6, 6.07) is 13.2. The van der Waals surface area contributed by atoms with E-state index in [0.29, 0.717) is 71.6 Å². The van der Waals surface area contributed by atoms with Gasteiger partial charge in [0.05, 0.1) is 16.3 Å². The molecule has 3 aromatic carbocycles. The molecule has 278 valence electrons. The summed E-state index contributed by atoms with van der Waals surface area (Å²) in [4.78, 5) is 26.5. The normalized spacial score (nSPS) is 11.5. The first kappa shape index (κ1) is 40.8. The standard InChI is InChI=1S/C35H48F3N9O3S/c1-34(2,36)22-16-25(43-14-7-11-39)21-27(17-22)50-26-9-6-8-24(20-26)45-33(49)47-29-19-23(35(3,37)38)18-28(31(29)51-15-12-40)46-30(48)10-4-5-13-44-32(41)42/h6,8-9,16-21,43H,4-5,7,10-15,39-40H2,1-3H3,(H,46,48)(H4,41,42,44)(H2,45,47,49). The Bertz CT molecular complexity index is 1650. The van der Waals surface area contributed by atoms with E-state index in [1.54, 1.807) is 42.5 Å². The summed E-state index contributed by atoms with van der Waals surface area (Å²) in [6.45, 7) is 5.39. The van der Waals surface area contributed by atoms with Crippen molar-refractivity contribution in [2.75, 3.05) is 53.2 Å². The minimum atomic E-state index is -3.29. The predicted octanol–water partition coefficient (Wildman–Crippen LogP) is 6.84. The van der Waals surface area contributed by atoms with Gasteiger partial charge in [0.1, 0.15) is 17.2 Å². The van der Waals surface area contributed by atoms with Crippen molar-refractivity contribution in [1.29, 1.82) is 5.41 Å². The van der Waals surface area contributed by atoms with Crippen LogP contribution in [0, 0.1) is 5.41 Å². The van der Waals surface area contributed by atoms with Crippen LogP contribution in [0.15, 0.2) is 59.5 Å². The van der Waals surface area contributed by atoms with Crippen LogP contribution in [0.1, 0.15) is 57.6 Å². The number of hydrogen-bond acceptors (Lipinski definition) is 8. The molecule has 0 aliphatic rings. The Morgan fingerprint density at radius 1 is 0.824 bits per heavy atom. The van der Waals surface area contributed by atoms with E-state index in [1.165, 1.54) is 37.7 Å². The first-order chi connectivity index (χ1) is 24.1. The van der Waals surface area contributed by atoms with Crippen molar-refractivity contribution in [1.82, 2.24) is 5.32 Å². The van der Waals surface area contributed by atoms with Gasteiger partial charge in [0.15, 0.2) is 5.96 Å². The SMILES string of the molecule is CC(C)(F)c1cc(NCCCN)cc(Oc2cccc(NC(=O)Nc3cc(C(C)(F)F)cc(NC(=O)CCCCNC(=N)N)c3SCCN)c2)c1. The third-order valence-electron chi connectivity index (χ3n) is 7.26. The van der Waals surface area contributed by atoms with E-state index in [0.717, 1.165) is 13.3 Å². The van der Waals surface area contributed by atoms with Crippen molar-refractivity contribution in [3.8, 4) is 11.5 Å². The highest BCUT2D eigenvalue weighted by Gasteiger charge is 2.28. The molecular weight excluding hydrogens is 684 g/mol. The Morgan fingerprint density at radius 3 is 2.18 bits per heavy atom. The topological polar surface area (TPSA) is 205 Å². The summed E-state index contributed by atoms with van der Waals surface area (Å²) in [5, 5.41) is 21.1. The van der Waals surface area contributed by atoms with Crippen molar-refractivity contribution < 1.29 is 27.5 Å². The van der Waals surface area contributed by atoms with Crippen molar-refractivity contribution in [3.05, 3.63) is 65.7 Å². The number of ether oxygens (including phenoxy) is 1. The average molecular weight is 732 g/mol. The number of nitrogens with one attached hydrogen (secondary N) is 6. The number of hydrogen-bond donors (Lipinski definition) is 9. The number of carbonyl (C=O) groups excluding carboxylic acids is 2. The lowest BCUT2D eigenvalue weighted by molar-refractivity contribution is -0.116. The van der Waals surface area contributed by atoms with Gasteiger partial charge in [-0.2, -0.15) is 0 Å². The molecule has 0 bridgehead atoms. The van der Waals surface area contributed by atoms with Gasteiger partial charge in [0.25, 0.3) is 5.92 Å². The molecule has 0 heterocycles. The van der Waals surface area contributed by atoms with Crippen LogP contribution < -0.4 is 48.5 Å². The van der Waals surface area contributed by atoms with Gasteiger partial charge in [-0.25, -0.2) is 18.0 Å². The first-order valence-corrected chi connectivity index (χ1v) is 17.5. The second kappa shape index (κ2) is 19.1. The number of nitrogens with two attached hydrogens (primary N) is 3. The number of guanidine groups is 1. The number of alkyl halides is 3. The maximum atomic E-state index is 14.9. The van der Waals surface area contributed by atoms with E-state index >= 15 is 0 Å². The van der Waals surface area contributed by atoms with E-state index in [1.807, 2.05) is 0 Å². The van der Waals surface area contributed by atoms with Gasteiger partial charge >= 0.3 is 6.03 Å². The fourth-order valence-electron chi connectivity index (χ4n) is 4.73. The molecule has 3 amide bonds. The monoisotopic (exact) mass is 731 g/mol. The zero-order valence-electron chi connectivity index (χ0n) is 29.1. The molecule has 3 rings (SSSR count). The number of rotatable bonds is 19. The highest BCUT2D eigenvalue weighted by Crippen LogP contribution is 2.41. The van der Waals surface area contributed by atoms with Crippen LogP contribution in [0.2, 0.25) is 0 Å². The van der Waals surface area contributed by atoms with Gasteiger partial charge in [0.2, 0.25) is 5.91 Å². The maximum absolute atomic E-state index is 14.9. The van der Waals surface area contributed by atoms with Crippen LogP contribution in [0.25, 0.3) is 0 Å². The molecule has 3 aromatic rings. The van der Waals surface area contributed by atoms with Crippen molar-refractivity contribution in [2.45, 2.75) is 62.9 Å². The zero-order chi connectivity index (χ0) is 37.6. The summed E-state index contributed by atoms with van der Waals surface area (Å²) in [5.41, 5.74) is 16.1. The number of carbonyl (C=O) groups is 2. The second-order valence-corrected chi connectivity index (χ2v) is 13.4. The van der Waals surface area contributed by atoms with Gasteiger partial charge < -0.3 is 48.5 Å².